The third-order valence-electron chi connectivity index (χ3n) is 4.20. The molecular weight excluding hydrogens is 256 g/mol. The summed E-state index contributed by atoms with van der Waals surface area (Å²) < 4.78 is 5.72. The Morgan fingerprint density at radius 1 is 1.20 bits per heavy atom. The molecule has 2 aliphatic heterocycles. The third-order valence-corrected chi connectivity index (χ3v) is 4.20. The number of hydrogen-bond acceptors (Lipinski definition) is 4. The quantitative estimate of drug-likeness (QED) is 0.771. The average Bonchev–Trinajstić information content (AvgIpc) is 3.03. The Hall–Kier alpha value is -2.14. The lowest BCUT2D eigenvalue weighted by atomic mass is 9.89. The van der Waals surface area contributed by atoms with E-state index >= 15 is 0 Å². The summed E-state index contributed by atoms with van der Waals surface area (Å²) in [4.78, 5) is 23.2. The maximum absolute atomic E-state index is 12.0. The number of benzene rings is 1. The lowest BCUT2D eigenvalue weighted by molar-refractivity contribution is -0.134. The average molecular weight is 270 g/mol. The van der Waals surface area contributed by atoms with Gasteiger partial charge in [-0.2, -0.15) is 0 Å². The van der Waals surface area contributed by atoms with Crippen molar-refractivity contribution in [3.8, 4) is 0 Å². The van der Waals surface area contributed by atoms with Crippen LogP contribution in [0.2, 0.25) is 0 Å². The van der Waals surface area contributed by atoms with Crippen LogP contribution >= 0.6 is 0 Å². The second-order valence-corrected chi connectivity index (χ2v) is 5.38. The zero-order valence-electron chi connectivity index (χ0n) is 10.9. The number of piperidine rings is 1. The Morgan fingerprint density at radius 2 is 2.10 bits per heavy atom. The van der Waals surface area contributed by atoms with Gasteiger partial charge in [0.15, 0.2) is 0 Å². The van der Waals surface area contributed by atoms with Crippen LogP contribution < -0.4 is 10.6 Å². The van der Waals surface area contributed by atoms with Crippen molar-refractivity contribution in [2.45, 2.75) is 31.8 Å². The van der Waals surface area contributed by atoms with Crippen molar-refractivity contribution in [3.63, 3.8) is 0 Å². The Bertz CT molecular complexity index is 732. The van der Waals surface area contributed by atoms with Crippen LogP contribution in [0.15, 0.2) is 22.8 Å². The number of amides is 2. The zero-order chi connectivity index (χ0) is 13.7. The number of rotatable bonds is 1. The molecule has 0 radical (unpaired) electrons. The van der Waals surface area contributed by atoms with E-state index in [0.29, 0.717) is 12.8 Å². The normalized spacial score (nSPS) is 22.1. The monoisotopic (exact) mass is 270 g/mol. The van der Waals surface area contributed by atoms with Gasteiger partial charge < -0.3 is 9.73 Å². The molecule has 5 nitrogen and oxygen atoms in total. The molecule has 0 saturated carbocycles. The van der Waals surface area contributed by atoms with Crippen molar-refractivity contribution in [1.29, 1.82) is 0 Å². The second-order valence-electron chi connectivity index (χ2n) is 5.38. The van der Waals surface area contributed by atoms with E-state index in [2.05, 4.69) is 16.7 Å². The number of furan rings is 1. The molecule has 20 heavy (non-hydrogen) atoms. The van der Waals surface area contributed by atoms with Gasteiger partial charge in [0.25, 0.3) is 0 Å². The maximum Gasteiger partial charge on any atom is 0.234 e. The van der Waals surface area contributed by atoms with Crippen LogP contribution in [0.25, 0.3) is 11.0 Å². The van der Waals surface area contributed by atoms with Gasteiger partial charge in [0, 0.05) is 36.0 Å². The van der Waals surface area contributed by atoms with Crippen LogP contribution in [0.5, 0.6) is 0 Å². The molecule has 1 aromatic heterocycles. The van der Waals surface area contributed by atoms with Gasteiger partial charge in [0.1, 0.15) is 5.58 Å². The maximum atomic E-state index is 12.0. The highest BCUT2D eigenvalue weighted by molar-refractivity contribution is 6.03. The molecule has 1 atom stereocenters. The Morgan fingerprint density at radius 3 is 2.95 bits per heavy atom. The van der Waals surface area contributed by atoms with Crippen molar-refractivity contribution < 1.29 is 14.0 Å². The van der Waals surface area contributed by atoms with E-state index in [1.807, 2.05) is 6.07 Å². The van der Waals surface area contributed by atoms with Crippen LogP contribution in [0.4, 0.5) is 0 Å². The summed E-state index contributed by atoms with van der Waals surface area (Å²) in [5, 5.41) is 6.69. The lowest BCUT2D eigenvalue weighted by Gasteiger charge is -2.19. The van der Waals surface area contributed by atoms with Gasteiger partial charge in [0.2, 0.25) is 11.8 Å². The minimum Gasteiger partial charge on any atom is -0.464 e. The van der Waals surface area contributed by atoms with Gasteiger partial charge in [0.05, 0.1) is 12.2 Å². The van der Waals surface area contributed by atoms with Crippen LogP contribution in [0.1, 0.15) is 35.4 Å². The Kier molecular flexibility index (Phi) is 2.44. The van der Waals surface area contributed by atoms with Gasteiger partial charge in [-0.05, 0) is 12.0 Å². The van der Waals surface area contributed by atoms with Gasteiger partial charge >= 0.3 is 0 Å². The molecule has 2 amide bonds. The first kappa shape index (κ1) is 11.7. The van der Waals surface area contributed by atoms with Crippen LogP contribution in [-0.2, 0) is 22.7 Å². The summed E-state index contributed by atoms with van der Waals surface area (Å²) >= 11 is 0. The summed E-state index contributed by atoms with van der Waals surface area (Å²) in [5.74, 6) is -0.701. The smallest absolute Gasteiger partial charge is 0.234 e. The number of nitrogens with one attached hydrogen (secondary N) is 2. The Labute approximate surface area is 115 Å². The number of fused-ring (bicyclic) bond motifs is 3. The molecule has 1 aromatic carbocycles. The molecular formula is C15H14N2O3. The largest absolute Gasteiger partial charge is 0.464 e. The number of carbonyl (C=O) groups is 2. The fraction of sp³-hybridized carbons (Fsp3) is 0.333. The van der Waals surface area contributed by atoms with Gasteiger partial charge in [-0.25, -0.2) is 0 Å². The molecule has 1 saturated heterocycles. The highest BCUT2D eigenvalue weighted by atomic mass is 16.3. The van der Waals surface area contributed by atoms with Crippen molar-refractivity contribution in [2.75, 3.05) is 0 Å². The first-order valence-corrected chi connectivity index (χ1v) is 6.80. The molecule has 3 heterocycles. The second kappa shape index (κ2) is 4.18. The molecule has 4 rings (SSSR count). The predicted molar refractivity (Wildman–Crippen MR) is 71.9 cm³/mol. The first-order valence-electron chi connectivity index (χ1n) is 6.80. The van der Waals surface area contributed by atoms with Crippen LogP contribution in [0, 0.1) is 0 Å². The van der Waals surface area contributed by atoms with Gasteiger partial charge in [-0.15, -0.1) is 0 Å². The molecule has 1 fully saturated rings. The van der Waals surface area contributed by atoms with Crippen molar-refractivity contribution in [3.05, 3.63) is 35.1 Å². The van der Waals surface area contributed by atoms with E-state index in [-0.39, 0.29) is 17.7 Å². The summed E-state index contributed by atoms with van der Waals surface area (Å²) in [6.07, 6.45) is 2.60. The fourth-order valence-electron chi connectivity index (χ4n) is 3.16. The van der Waals surface area contributed by atoms with E-state index in [0.717, 1.165) is 29.6 Å². The van der Waals surface area contributed by atoms with E-state index in [4.69, 9.17) is 4.42 Å². The number of imide groups is 1. The molecule has 2 N–H and O–H groups in total. The number of carbonyl (C=O) groups excluding carboxylic acids is 2. The minimum absolute atomic E-state index is 0.191. The summed E-state index contributed by atoms with van der Waals surface area (Å²) in [6.45, 7) is 1.66. The van der Waals surface area contributed by atoms with Crippen molar-refractivity contribution >= 4 is 22.8 Å². The van der Waals surface area contributed by atoms with Crippen LogP contribution in [-0.4, -0.2) is 11.8 Å². The number of hydrogen-bond donors (Lipinski definition) is 2. The van der Waals surface area contributed by atoms with Gasteiger partial charge in [-0.3, -0.25) is 14.9 Å². The van der Waals surface area contributed by atoms with Crippen molar-refractivity contribution in [2.24, 2.45) is 0 Å². The minimum atomic E-state index is -0.290. The highest BCUT2D eigenvalue weighted by Gasteiger charge is 2.31. The first-order chi connectivity index (χ1) is 9.74. The SMILES string of the molecule is O=C1CCC(c2coc3c4c(ccc23)CNC4)C(=O)N1. The fourth-order valence-corrected chi connectivity index (χ4v) is 3.16. The molecule has 1 unspecified atom stereocenters. The van der Waals surface area contributed by atoms with Gasteiger partial charge in [-0.1, -0.05) is 12.1 Å². The van der Waals surface area contributed by atoms with Crippen LogP contribution in [0.3, 0.4) is 0 Å². The molecule has 0 aliphatic carbocycles. The molecule has 2 aromatic rings. The predicted octanol–water partition coefficient (Wildman–Crippen LogP) is 1.56. The topological polar surface area (TPSA) is 71.3 Å². The molecule has 0 spiro atoms. The third kappa shape index (κ3) is 1.59. The molecule has 102 valence electrons. The Balaban J connectivity index is 1.81. The molecule has 5 heteroatoms. The molecule has 0 bridgehead atoms. The zero-order valence-corrected chi connectivity index (χ0v) is 10.9. The lowest BCUT2D eigenvalue weighted by Crippen LogP contribution is -2.39. The highest BCUT2D eigenvalue weighted by Crippen LogP contribution is 2.35. The standard InChI is InChI=1S/C15H14N2O3/c18-13-4-3-10(15(19)17-13)12-7-20-14-9(12)2-1-8-5-16-6-11(8)14/h1-2,7,10,16H,3-6H2,(H,17,18,19). The summed E-state index contributed by atoms with van der Waals surface area (Å²) in [6, 6.07) is 4.10. The van der Waals surface area contributed by atoms with E-state index in [1.165, 1.54) is 11.1 Å². The van der Waals surface area contributed by atoms with E-state index in [9.17, 15) is 9.59 Å². The van der Waals surface area contributed by atoms with Crippen molar-refractivity contribution in [1.82, 2.24) is 10.6 Å². The summed E-state index contributed by atoms with van der Waals surface area (Å²) in [7, 11) is 0. The molecule has 2 aliphatic rings. The summed E-state index contributed by atoms with van der Waals surface area (Å²) in [5.41, 5.74) is 4.19. The van der Waals surface area contributed by atoms with E-state index in [1.54, 1.807) is 6.26 Å². The van der Waals surface area contributed by atoms with E-state index < -0.39 is 0 Å².